The Morgan fingerprint density at radius 2 is 1.96 bits per heavy atom. The molecule has 1 amide bonds. The second-order valence-electron chi connectivity index (χ2n) is 6.15. The number of nitrogens with zero attached hydrogens (tertiary/aromatic N) is 1. The third-order valence-corrected chi connectivity index (χ3v) is 7.27. The molecule has 0 saturated carbocycles. The molecule has 3 rings (SSSR count). The highest BCUT2D eigenvalue weighted by Crippen LogP contribution is 2.46. The van der Waals surface area contributed by atoms with Gasteiger partial charge in [-0.2, -0.15) is 0 Å². The number of methoxy groups -OCH3 is 1. The molecule has 0 unspecified atom stereocenters. The number of carbonyl (C=O) groups is 1. The quantitative estimate of drug-likeness (QED) is 0.682. The fourth-order valence-electron chi connectivity index (χ4n) is 2.75. The number of hydrogen-bond donors (Lipinski definition) is 0. The first-order valence-corrected chi connectivity index (χ1v) is 10.7. The molecule has 0 N–H and O–H groups in total. The summed E-state index contributed by atoms with van der Waals surface area (Å²) in [6.45, 7) is 0.223. The van der Waals surface area contributed by atoms with Gasteiger partial charge in [-0.05, 0) is 35.4 Å². The largest absolute Gasteiger partial charge is 0.493 e. The summed E-state index contributed by atoms with van der Waals surface area (Å²) in [7, 11) is 3.27. The summed E-state index contributed by atoms with van der Waals surface area (Å²) in [4.78, 5) is 13.9. The molecule has 2 aromatic rings. The van der Waals surface area contributed by atoms with E-state index in [9.17, 15) is 9.18 Å². The van der Waals surface area contributed by atoms with Crippen molar-refractivity contribution in [3.63, 3.8) is 0 Å². The van der Waals surface area contributed by atoms with E-state index >= 15 is 0 Å². The van der Waals surface area contributed by atoms with Crippen LogP contribution in [0.3, 0.4) is 0 Å². The van der Waals surface area contributed by atoms with Crippen LogP contribution in [-0.2, 0) is 11.3 Å². The van der Waals surface area contributed by atoms with E-state index in [4.69, 9.17) is 9.47 Å². The number of thioether (sulfide) groups is 2. The van der Waals surface area contributed by atoms with Crippen LogP contribution >= 0.6 is 23.5 Å². The molecule has 0 atom stereocenters. The highest BCUT2D eigenvalue weighted by atomic mass is 32.2. The van der Waals surface area contributed by atoms with Crippen LogP contribution < -0.4 is 9.47 Å². The van der Waals surface area contributed by atoms with Crippen molar-refractivity contribution in [3.05, 3.63) is 59.4 Å². The van der Waals surface area contributed by atoms with Gasteiger partial charge in [0.05, 0.1) is 11.7 Å². The van der Waals surface area contributed by atoms with Crippen LogP contribution in [0.4, 0.5) is 4.39 Å². The van der Waals surface area contributed by atoms with Gasteiger partial charge in [-0.15, -0.1) is 23.5 Å². The molecule has 1 heterocycles. The molecule has 1 fully saturated rings. The van der Waals surface area contributed by atoms with E-state index in [0.29, 0.717) is 22.6 Å². The van der Waals surface area contributed by atoms with Gasteiger partial charge in [0.1, 0.15) is 5.82 Å². The van der Waals surface area contributed by atoms with Crippen LogP contribution in [0.1, 0.15) is 15.7 Å². The molecule has 1 aliphatic heterocycles. The summed E-state index contributed by atoms with van der Waals surface area (Å²) in [5.41, 5.74) is 1.93. The fraction of sp³-hybridized carbons (Fsp3) is 0.350. The van der Waals surface area contributed by atoms with Crippen LogP contribution in [0, 0.1) is 5.82 Å². The predicted octanol–water partition coefficient (Wildman–Crippen LogP) is 4.35. The number of carbonyl (C=O) groups excluding carboxylic acids is 1. The van der Waals surface area contributed by atoms with E-state index in [0.717, 1.165) is 17.1 Å². The number of amides is 1. The molecule has 144 valence electrons. The van der Waals surface area contributed by atoms with Gasteiger partial charge in [-0.25, -0.2) is 4.39 Å². The Labute approximate surface area is 167 Å². The van der Waals surface area contributed by atoms with Gasteiger partial charge in [-0.1, -0.05) is 18.2 Å². The number of hydrogen-bond acceptors (Lipinski definition) is 5. The zero-order valence-corrected chi connectivity index (χ0v) is 16.9. The molecule has 7 heteroatoms. The summed E-state index contributed by atoms with van der Waals surface area (Å²) in [6, 6.07) is 12.1. The number of ether oxygens (including phenoxy) is 2. The summed E-state index contributed by atoms with van der Waals surface area (Å²) in [5.74, 6) is 2.98. The molecule has 0 aliphatic carbocycles. The third kappa shape index (κ3) is 5.32. The van der Waals surface area contributed by atoms with E-state index in [1.54, 1.807) is 26.3 Å². The Balaban J connectivity index is 1.59. The molecule has 1 aliphatic rings. The second kappa shape index (κ2) is 9.37. The van der Waals surface area contributed by atoms with Crippen LogP contribution in [0.5, 0.6) is 11.5 Å². The first kappa shape index (κ1) is 19.9. The highest BCUT2D eigenvalue weighted by molar-refractivity contribution is 8.19. The highest BCUT2D eigenvalue weighted by Gasteiger charge is 2.20. The summed E-state index contributed by atoms with van der Waals surface area (Å²) in [6.07, 6.45) is 0. The van der Waals surface area contributed by atoms with Crippen molar-refractivity contribution in [2.75, 3.05) is 32.3 Å². The van der Waals surface area contributed by atoms with Crippen molar-refractivity contribution in [1.29, 1.82) is 0 Å². The van der Waals surface area contributed by atoms with Gasteiger partial charge >= 0.3 is 0 Å². The lowest BCUT2D eigenvalue weighted by molar-refractivity contribution is -0.132. The molecule has 0 radical (unpaired) electrons. The predicted molar refractivity (Wildman–Crippen MR) is 109 cm³/mol. The van der Waals surface area contributed by atoms with Crippen LogP contribution in [0.2, 0.25) is 0 Å². The van der Waals surface area contributed by atoms with Gasteiger partial charge in [-0.3, -0.25) is 4.79 Å². The lowest BCUT2D eigenvalue weighted by Crippen LogP contribution is -2.31. The molecular formula is C20H22FNO3S2. The van der Waals surface area contributed by atoms with Gasteiger partial charge in [0, 0.05) is 25.1 Å². The normalized spacial score (nSPS) is 14.2. The first-order chi connectivity index (χ1) is 13.1. The Hall–Kier alpha value is -1.86. The van der Waals surface area contributed by atoms with Gasteiger partial charge < -0.3 is 14.4 Å². The van der Waals surface area contributed by atoms with Crippen molar-refractivity contribution in [2.24, 2.45) is 0 Å². The lowest BCUT2D eigenvalue weighted by Gasteiger charge is -2.19. The van der Waals surface area contributed by atoms with E-state index in [-0.39, 0.29) is 18.3 Å². The Kier molecular flexibility index (Phi) is 6.90. The van der Waals surface area contributed by atoms with E-state index in [2.05, 4.69) is 0 Å². The molecule has 4 nitrogen and oxygen atoms in total. The van der Waals surface area contributed by atoms with E-state index < -0.39 is 0 Å². The monoisotopic (exact) mass is 407 g/mol. The van der Waals surface area contributed by atoms with Gasteiger partial charge in [0.15, 0.2) is 18.1 Å². The third-order valence-electron chi connectivity index (χ3n) is 4.17. The molecule has 27 heavy (non-hydrogen) atoms. The molecule has 0 bridgehead atoms. The van der Waals surface area contributed by atoms with Crippen molar-refractivity contribution in [1.82, 2.24) is 4.90 Å². The summed E-state index contributed by atoms with van der Waals surface area (Å²) < 4.78 is 24.8. The van der Waals surface area contributed by atoms with Crippen molar-refractivity contribution >= 4 is 29.4 Å². The molecule has 0 spiro atoms. The topological polar surface area (TPSA) is 38.8 Å². The molecule has 1 saturated heterocycles. The molecule has 0 aromatic heterocycles. The summed E-state index contributed by atoms with van der Waals surface area (Å²) in [5, 5.41) is 0. The van der Waals surface area contributed by atoms with Crippen molar-refractivity contribution in [3.8, 4) is 11.5 Å². The maximum atomic E-state index is 13.3. The van der Waals surface area contributed by atoms with E-state index in [1.165, 1.54) is 22.6 Å². The Bertz CT molecular complexity index is 797. The zero-order chi connectivity index (χ0) is 19.2. The maximum absolute atomic E-state index is 13.3. The minimum atomic E-state index is -0.312. The van der Waals surface area contributed by atoms with Crippen LogP contribution in [0.25, 0.3) is 0 Å². The average molecular weight is 408 g/mol. The number of benzene rings is 2. The Morgan fingerprint density at radius 3 is 2.67 bits per heavy atom. The first-order valence-electron chi connectivity index (χ1n) is 8.59. The van der Waals surface area contributed by atoms with Crippen LogP contribution in [0.15, 0.2) is 42.5 Å². The van der Waals surface area contributed by atoms with Gasteiger partial charge in [0.25, 0.3) is 5.91 Å². The van der Waals surface area contributed by atoms with Crippen molar-refractivity contribution < 1.29 is 18.7 Å². The second-order valence-corrected chi connectivity index (χ2v) is 8.88. The molecular weight excluding hydrogens is 385 g/mol. The SMILES string of the molecule is COc1cc(C2SCCS2)ccc1OCC(=O)N(C)Cc1cccc(F)c1. The Morgan fingerprint density at radius 1 is 1.19 bits per heavy atom. The minimum absolute atomic E-state index is 0.103. The van der Waals surface area contributed by atoms with Crippen LogP contribution in [-0.4, -0.2) is 43.1 Å². The minimum Gasteiger partial charge on any atom is -0.493 e. The smallest absolute Gasteiger partial charge is 0.260 e. The number of likely N-dealkylation sites (N-methyl/N-ethyl adjacent to an activating group) is 1. The van der Waals surface area contributed by atoms with Crippen molar-refractivity contribution in [2.45, 2.75) is 11.1 Å². The van der Waals surface area contributed by atoms with E-state index in [1.807, 2.05) is 41.7 Å². The maximum Gasteiger partial charge on any atom is 0.260 e. The lowest BCUT2D eigenvalue weighted by atomic mass is 10.2. The summed E-state index contributed by atoms with van der Waals surface area (Å²) >= 11 is 3.85. The number of rotatable bonds is 7. The standard InChI is InChI=1S/C20H22FNO3S2/c1-22(12-14-4-3-5-16(21)10-14)19(23)13-25-17-7-6-15(11-18(17)24-2)20-26-8-9-27-20/h3-7,10-11,20H,8-9,12-13H2,1-2H3. The fourth-order valence-corrected chi connectivity index (χ4v) is 5.59. The average Bonchev–Trinajstić information content (AvgIpc) is 3.20. The number of halogens is 1. The zero-order valence-electron chi connectivity index (χ0n) is 15.3. The molecule has 2 aromatic carbocycles. The van der Waals surface area contributed by atoms with Gasteiger partial charge in [0.2, 0.25) is 0 Å².